The summed E-state index contributed by atoms with van der Waals surface area (Å²) in [6.45, 7) is 0. The van der Waals surface area contributed by atoms with E-state index in [0.717, 1.165) is 6.07 Å². The van der Waals surface area contributed by atoms with Crippen LogP contribution in [0.15, 0.2) is 18.2 Å². The van der Waals surface area contributed by atoms with Crippen LogP contribution in [0.25, 0.3) is 0 Å². The van der Waals surface area contributed by atoms with Gasteiger partial charge in [-0.25, -0.2) is 9.59 Å². The Bertz CT molecular complexity index is 423. The lowest BCUT2D eigenvalue weighted by Crippen LogP contribution is -2.16. The van der Waals surface area contributed by atoms with Crippen molar-refractivity contribution < 1.29 is 30.0 Å². The van der Waals surface area contributed by atoms with Crippen molar-refractivity contribution in [2.75, 3.05) is 0 Å². The fourth-order valence-electron chi connectivity index (χ4n) is 1.40. The van der Waals surface area contributed by atoms with Crippen molar-refractivity contribution in [3.63, 3.8) is 0 Å². The Morgan fingerprint density at radius 3 is 2.19 bits per heavy atom. The Labute approximate surface area is 90.4 Å². The molecule has 86 valence electrons. The first-order chi connectivity index (χ1) is 7.43. The van der Waals surface area contributed by atoms with E-state index >= 15 is 0 Å². The zero-order valence-electron chi connectivity index (χ0n) is 8.12. The Morgan fingerprint density at radius 2 is 1.75 bits per heavy atom. The van der Waals surface area contributed by atoms with Crippen molar-refractivity contribution in [1.29, 1.82) is 0 Å². The van der Waals surface area contributed by atoms with Gasteiger partial charge in [0.15, 0.2) is 6.29 Å². The number of hydrogen-bond donors (Lipinski definition) is 4. The summed E-state index contributed by atoms with van der Waals surface area (Å²) in [7, 11) is 0. The maximum atomic E-state index is 10.9. The highest BCUT2D eigenvalue weighted by molar-refractivity contribution is 6.02. The zero-order chi connectivity index (χ0) is 12.3. The molecule has 0 saturated carbocycles. The molecule has 0 radical (unpaired) electrons. The van der Waals surface area contributed by atoms with Gasteiger partial charge in [-0.3, -0.25) is 0 Å². The molecule has 0 aliphatic heterocycles. The number of benzene rings is 1. The van der Waals surface area contributed by atoms with Gasteiger partial charge in [0.25, 0.3) is 0 Å². The monoisotopic (exact) mass is 226 g/mol. The molecule has 1 aromatic rings. The number of carbonyl (C=O) groups is 2. The SMILES string of the molecule is O=C(O)c1cccc(CC(O)O)c1C(=O)O. The third kappa shape index (κ3) is 2.56. The maximum absolute atomic E-state index is 10.9. The minimum Gasteiger partial charge on any atom is -0.478 e. The summed E-state index contributed by atoms with van der Waals surface area (Å²) in [6.07, 6.45) is -2.05. The fourth-order valence-corrected chi connectivity index (χ4v) is 1.40. The van der Waals surface area contributed by atoms with Crippen LogP contribution < -0.4 is 0 Å². The van der Waals surface area contributed by atoms with E-state index in [2.05, 4.69) is 0 Å². The van der Waals surface area contributed by atoms with Gasteiger partial charge in [-0.15, -0.1) is 0 Å². The number of aromatic carboxylic acids is 2. The molecule has 0 fully saturated rings. The smallest absolute Gasteiger partial charge is 0.336 e. The maximum Gasteiger partial charge on any atom is 0.336 e. The lowest BCUT2D eigenvalue weighted by Gasteiger charge is -2.09. The second-order valence-electron chi connectivity index (χ2n) is 3.13. The number of aliphatic hydroxyl groups excluding tert-OH is 1. The number of rotatable bonds is 4. The average Bonchev–Trinajstić information content (AvgIpc) is 2.15. The highest BCUT2D eigenvalue weighted by Crippen LogP contribution is 2.16. The van der Waals surface area contributed by atoms with Crippen LogP contribution >= 0.6 is 0 Å². The molecule has 16 heavy (non-hydrogen) atoms. The van der Waals surface area contributed by atoms with Crippen molar-refractivity contribution in [3.05, 3.63) is 34.9 Å². The van der Waals surface area contributed by atoms with E-state index in [0.29, 0.717) is 0 Å². The van der Waals surface area contributed by atoms with Crippen LogP contribution in [0.4, 0.5) is 0 Å². The molecule has 0 atom stereocenters. The van der Waals surface area contributed by atoms with E-state index in [1.54, 1.807) is 0 Å². The first-order valence-electron chi connectivity index (χ1n) is 4.38. The Morgan fingerprint density at radius 1 is 1.12 bits per heavy atom. The van der Waals surface area contributed by atoms with E-state index in [4.69, 9.17) is 20.4 Å². The molecule has 0 bridgehead atoms. The normalized spacial score (nSPS) is 10.4. The van der Waals surface area contributed by atoms with Gasteiger partial charge in [0, 0.05) is 6.42 Å². The van der Waals surface area contributed by atoms with Gasteiger partial charge in [0.1, 0.15) is 0 Å². The first kappa shape index (κ1) is 12.2. The number of carboxylic acids is 2. The summed E-state index contributed by atoms with van der Waals surface area (Å²) in [5, 5.41) is 35.2. The van der Waals surface area contributed by atoms with E-state index in [-0.39, 0.29) is 17.5 Å². The standard InChI is InChI=1S/C10H10O6/c11-7(12)4-5-2-1-3-6(9(13)14)8(5)10(15)16/h1-3,7,11-12H,4H2,(H,13,14)(H,15,16). The van der Waals surface area contributed by atoms with Gasteiger partial charge in [-0.05, 0) is 11.6 Å². The molecule has 6 nitrogen and oxygen atoms in total. The molecular weight excluding hydrogens is 216 g/mol. The van der Waals surface area contributed by atoms with Crippen LogP contribution in [0.5, 0.6) is 0 Å². The molecule has 1 rings (SSSR count). The molecule has 0 aliphatic rings. The highest BCUT2D eigenvalue weighted by Gasteiger charge is 2.20. The molecule has 0 unspecified atom stereocenters. The predicted octanol–water partition coefficient (Wildman–Crippen LogP) is -0.0638. The first-order valence-corrected chi connectivity index (χ1v) is 4.38. The minimum atomic E-state index is -1.72. The van der Waals surface area contributed by atoms with Gasteiger partial charge in [-0.1, -0.05) is 12.1 Å². The lowest BCUT2D eigenvalue weighted by molar-refractivity contribution is -0.0382. The van der Waals surface area contributed by atoms with Gasteiger partial charge in [-0.2, -0.15) is 0 Å². The van der Waals surface area contributed by atoms with Gasteiger partial charge in [0.2, 0.25) is 0 Å². The molecule has 0 amide bonds. The summed E-state index contributed by atoms with van der Waals surface area (Å²) >= 11 is 0. The van der Waals surface area contributed by atoms with Crippen molar-refractivity contribution in [2.24, 2.45) is 0 Å². The van der Waals surface area contributed by atoms with Crippen molar-refractivity contribution in [1.82, 2.24) is 0 Å². The van der Waals surface area contributed by atoms with Crippen LogP contribution in [0.2, 0.25) is 0 Å². The Hall–Kier alpha value is -1.92. The average molecular weight is 226 g/mol. The molecule has 1 aromatic carbocycles. The highest BCUT2D eigenvalue weighted by atomic mass is 16.5. The molecular formula is C10H10O6. The summed E-state index contributed by atoms with van der Waals surface area (Å²) < 4.78 is 0. The molecule has 0 heterocycles. The summed E-state index contributed by atoms with van der Waals surface area (Å²) in [5.41, 5.74) is -0.712. The third-order valence-corrected chi connectivity index (χ3v) is 2.00. The van der Waals surface area contributed by atoms with Gasteiger partial charge < -0.3 is 20.4 Å². The lowest BCUT2D eigenvalue weighted by atomic mass is 9.98. The summed E-state index contributed by atoms with van der Waals surface area (Å²) in [6, 6.07) is 3.85. The molecule has 0 saturated heterocycles. The Kier molecular flexibility index (Phi) is 3.60. The van der Waals surface area contributed by atoms with Crippen LogP contribution in [-0.2, 0) is 6.42 Å². The summed E-state index contributed by atoms with van der Waals surface area (Å²) in [5.74, 6) is -2.78. The number of hydrogen-bond acceptors (Lipinski definition) is 4. The number of aliphatic hydroxyl groups is 2. The zero-order valence-corrected chi connectivity index (χ0v) is 8.12. The number of carboxylic acid groups (broad SMARTS) is 2. The largest absolute Gasteiger partial charge is 0.478 e. The van der Waals surface area contributed by atoms with Crippen molar-refractivity contribution >= 4 is 11.9 Å². The fraction of sp³-hybridized carbons (Fsp3) is 0.200. The van der Waals surface area contributed by atoms with E-state index < -0.39 is 23.8 Å². The minimum absolute atomic E-state index is 0.0717. The molecule has 6 heteroatoms. The molecule has 0 aromatic heterocycles. The van der Waals surface area contributed by atoms with Crippen LogP contribution in [0.1, 0.15) is 26.3 Å². The van der Waals surface area contributed by atoms with E-state index in [9.17, 15) is 9.59 Å². The van der Waals surface area contributed by atoms with E-state index in [1.807, 2.05) is 0 Å². The van der Waals surface area contributed by atoms with Crippen LogP contribution in [0, 0.1) is 0 Å². The topological polar surface area (TPSA) is 115 Å². The summed E-state index contributed by atoms with van der Waals surface area (Å²) in [4.78, 5) is 21.7. The van der Waals surface area contributed by atoms with Crippen molar-refractivity contribution in [2.45, 2.75) is 12.7 Å². The van der Waals surface area contributed by atoms with Crippen LogP contribution in [-0.4, -0.2) is 38.7 Å². The van der Waals surface area contributed by atoms with Crippen LogP contribution in [0.3, 0.4) is 0 Å². The molecule has 0 aliphatic carbocycles. The Balaban J connectivity index is 3.32. The second-order valence-corrected chi connectivity index (χ2v) is 3.13. The van der Waals surface area contributed by atoms with Gasteiger partial charge >= 0.3 is 11.9 Å². The van der Waals surface area contributed by atoms with Crippen molar-refractivity contribution in [3.8, 4) is 0 Å². The third-order valence-electron chi connectivity index (χ3n) is 2.00. The second kappa shape index (κ2) is 4.73. The van der Waals surface area contributed by atoms with E-state index in [1.165, 1.54) is 12.1 Å². The molecule has 0 spiro atoms. The predicted molar refractivity (Wildman–Crippen MR) is 52.3 cm³/mol. The molecule has 4 N–H and O–H groups in total. The van der Waals surface area contributed by atoms with Gasteiger partial charge in [0.05, 0.1) is 11.1 Å². The quantitative estimate of drug-likeness (QED) is 0.534.